The van der Waals surface area contributed by atoms with Gasteiger partial charge in [0.25, 0.3) is 0 Å². The molecule has 2 aliphatic rings. The molecule has 1 aromatic rings. The number of hydrogen-bond donors (Lipinski definition) is 1. The predicted molar refractivity (Wildman–Crippen MR) is 70.6 cm³/mol. The van der Waals surface area contributed by atoms with Crippen LogP contribution in [0.1, 0.15) is 37.4 Å². The third kappa shape index (κ3) is 2.69. The van der Waals surface area contributed by atoms with Gasteiger partial charge in [0, 0.05) is 25.2 Å². The normalized spacial score (nSPS) is 29.7. The number of rotatable bonds is 3. The van der Waals surface area contributed by atoms with E-state index in [-0.39, 0.29) is 6.10 Å². The highest BCUT2D eigenvalue weighted by atomic mass is 16.5. The van der Waals surface area contributed by atoms with Gasteiger partial charge in [0.1, 0.15) is 30.3 Å². The van der Waals surface area contributed by atoms with Gasteiger partial charge in [-0.25, -0.2) is 0 Å². The maximum Gasteiger partial charge on any atom is 0.129 e. The Morgan fingerprint density at radius 2 is 2.11 bits per heavy atom. The van der Waals surface area contributed by atoms with Gasteiger partial charge in [0.05, 0.1) is 6.10 Å². The van der Waals surface area contributed by atoms with Crippen molar-refractivity contribution in [3.63, 3.8) is 0 Å². The molecule has 0 bridgehead atoms. The van der Waals surface area contributed by atoms with Gasteiger partial charge in [-0.3, -0.25) is 0 Å². The molecule has 3 unspecified atom stereocenters. The minimum atomic E-state index is -0.503. The Kier molecular flexibility index (Phi) is 3.62. The van der Waals surface area contributed by atoms with Crippen LogP contribution >= 0.6 is 0 Å². The van der Waals surface area contributed by atoms with Crippen LogP contribution in [-0.4, -0.2) is 31.0 Å². The van der Waals surface area contributed by atoms with Crippen molar-refractivity contribution >= 4 is 0 Å². The van der Waals surface area contributed by atoms with Gasteiger partial charge in [-0.2, -0.15) is 0 Å². The van der Waals surface area contributed by atoms with Crippen LogP contribution in [0.2, 0.25) is 0 Å². The largest absolute Gasteiger partial charge is 0.490 e. The Labute approximate surface area is 113 Å². The van der Waals surface area contributed by atoms with E-state index in [1.807, 2.05) is 18.2 Å². The first-order valence-electron chi connectivity index (χ1n) is 6.90. The lowest BCUT2D eigenvalue weighted by Crippen LogP contribution is -2.29. The molecule has 3 rings (SSSR count). The molecule has 0 spiro atoms. The Balaban J connectivity index is 1.67. The zero-order valence-electron chi connectivity index (χ0n) is 11.2. The summed E-state index contributed by atoms with van der Waals surface area (Å²) in [6, 6.07) is 5.67. The number of benzene rings is 1. The second-order valence-electron chi connectivity index (χ2n) is 5.29. The van der Waals surface area contributed by atoms with E-state index in [1.165, 1.54) is 0 Å². The molecule has 1 heterocycles. The highest BCUT2D eigenvalue weighted by molar-refractivity contribution is 5.44. The molecule has 1 N–H and O–H groups in total. The van der Waals surface area contributed by atoms with E-state index in [9.17, 15) is 5.11 Å². The van der Waals surface area contributed by atoms with E-state index in [2.05, 4.69) is 0 Å². The van der Waals surface area contributed by atoms with Crippen LogP contribution in [0.25, 0.3) is 0 Å². The second-order valence-corrected chi connectivity index (χ2v) is 5.29. The first kappa shape index (κ1) is 12.8. The van der Waals surface area contributed by atoms with Crippen LogP contribution in [0.5, 0.6) is 11.5 Å². The molecule has 19 heavy (non-hydrogen) atoms. The van der Waals surface area contributed by atoms with Crippen molar-refractivity contribution in [1.82, 2.24) is 0 Å². The number of fused-ring (bicyclic) bond motifs is 1. The van der Waals surface area contributed by atoms with E-state index < -0.39 is 6.10 Å². The number of hydrogen-bond acceptors (Lipinski definition) is 4. The van der Waals surface area contributed by atoms with Crippen LogP contribution in [0, 0.1) is 0 Å². The van der Waals surface area contributed by atoms with Crippen molar-refractivity contribution in [3.8, 4) is 11.5 Å². The van der Waals surface area contributed by atoms with E-state index >= 15 is 0 Å². The lowest BCUT2D eigenvalue weighted by atomic mass is 9.95. The monoisotopic (exact) mass is 264 g/mol. The van der Waals surface area contributed by atoms with Crippen LogP contribution in [0.3, 0.4) is 0 Å². The molecule has 4 heteroatoms. The molecule has 1 aromatic carbocycles. The lowest BCUT2D eigenvalue weighted by Gasteiger charge is -2.28. The predicted octanol–water partition coefficient (Wildman–Crippen LogP) is 2.45. The van der Waals surface area contributed by atoms with Gasteiger partial charge in [-0.1, -0.05) is 0 Å². The van der Waals surface area contributed by atoms with Crippen molar-refractivity contribution in [1.29, 1.82) is 0 Å². The third-order valence-electron chi connectivity index (χ3n) is 3.95. The lowest BCUT2D eigenvalue weighted by molar-refractivity contribution is 0.0209. The van der Waals surface area contributed by atoms with E-state index in [4.69, 9.17) is 14.2 Å². The zero-order valence-corrected chi connectivity index (χ0v) is 11.2. The number of ether oxygens (including phenoxy) is 3. The van der Waals surface area contributed by atoms with Gasteiger partial charge < -0.3 is 19.3 Å². The Hall–Kier alpha value is -1.26. The minimum Gasteiger partial charge on any atom is -0.490 e. The molecule has 1 aliphatic heterocycles. The summed E-state index contributed by atoms with van der Waals surface area (Å²) in [6.07, 6.45) is 4.29. The van der Waals surface area contributed by atoms with Crippen molar-refractivity contribution in [3.05, 3.63) is 23.8 Å². The molecule has 0 amide bonds. The summed E-state index contributed by atoms with van der Waals surface area (Å²) in [5.74, 6) is 1.55. The number of aliphatic hydroxyl groups excluding tert-OH is 1. The quantitative estimate of drug-likeness (QED) is 0.911. The van der Waals surface area contributed by atoms with Crippen molar-refractivity contribution < 1.29 is 19.3 Å². The fourth-order valence-electron chi connectivity index (χ4n) is 2.86. The smallest absolute Gasteiger partial charge is 0.129 e. The Bertz CT molecular complexity index is 446. The van der Waals surface area contributed by atoms with Gasteiger partial charge in [0.2, 0.25) is 0 Å². The molecular formula is C15H20O4. The second kappa shape index (κ2) is 5.39. The summed E-state index contributed by atoms with van der Waals surface area (Å²) in [6.45, 7) is 0.341. The van der Waals surface area contributed by atoms with Crippen LogP contribution in [0.4, 0.5) is 0 Å². The highest BCUT2D eigenvalue weighted by Gasteiger charge is 2.25. The van der Waals surface area contributed by atoms with Crippen molar-refractivity contribution in [2.75, 3.05) is 13.7 Å². The summed E-state index contributed by atoms with van der Waals surface area (Å²) < 4.78 is 16.8. The van der Waals surface area contributed by atoms with Gasteiger partial charge in [-0.15, -0.1) is 0 Å². The number of aliphatic hydroxyl groups is 1. The molecule has 0 radical (unpaired) electrons. The van der Waals surface area contributed by atoms with Gasteiger partial charge >= 0.3 is 0 Å². The van der Waals surface area contributed by atoms with Crippen molar-refractivity contribution in [2.24, 2.45) is 0 Å². The summed E-state index contributed by atoms with van der Waals surface area (Å²) in [5, 5.41) is 9.68. The molecule has 0 aromatic heterocycles. The molecule has 0 saturated heterocycles. The minimum absolute atomic E-state index is 0.211. The first-order valence-corrected chi connectivity index (χ1v) is 6.90. The molecular weight excluding hydrogens is 244 g/mol. The van der Waals surface area contributed by atoms with E-state index in [0.29, 0.717) is 12.7 Å². The summed E-state index contributed by atoms with van der Waals surface area (Å²) in [5.41, 5.74) is 0.853. The molecule has 4 nitrogen and oxygen atoms in total. The topological polar surface area (TPSA) is 47.9 Å². The van der Waals surface area contributed by atoms with Gasteiger partial charge in [-0.05, 0) is 31.4 Å². The van der Waals surface area contributed by atoms with Crippen LogP contribution in [0.15, 0.2) is 18.2 Å². The SMILES string of the molecule is COC1CCCC(Oc2ccc3c(c2)OCC3O)C1. The van der Waals surface area contributed by atoms with Gasteiger partial charge in [0.15, 0.2) is 0 Å². The fraction of sp³-hybridized carbons (Fsp3) is 0.600. The summed E-state index contributed by atoms with van der Waals surface area (Å²) in [7, 11) is 1.76. The molecule has 1 aliphatic carbocycles. The maximum atomic E-state index is 9.68. The summed E-state index contributed by atoms with van der Waals surface area (Å²) >= 11 is 0. The van der Waals surface area contributed by atoms with Crippen molar-refractivity contribution in [2.45, 2.75) is 44.0 Å². The Morgan fingerprint density at radius 1 is 1.26 bits per heavy atom. The number of methoxy groups -OCH3 is 1. The van der Waals surface area contributed by atoms with Crippen LogP contribution < -0.4 is 9.47 Å². The van der Waals surface area contributed by atoms with E-state index in [1.54, 1.807) is 7.11 Å². The average Bonchev–Trinajstić information content (AvgIpc) is 2.80. The zero-order chi connectivity index (χ0) is 13.2. The summed E-state index contributed by atoms with van der Waals surface area (Å²) in [4.78, 5) is 0. The molecule has 1 fully saturated rings. The van der Waals surface area contributed by atoms with Crippen LogP contribution in [-0.2, 0) is 4.74 Å². The molecule has 3 atom stereocenters. The third-order valence-corrected chi connectivity index (χ3v) is 3.95. The first-order chi connectivity index (χ1) is 9.26. The maximum absolute atomic E-state index is 9.68. The Morgan fingerprint density at radius 3 is 2.95 bits per heavy atom. The standard InChI is InChI=1S/C15H20O4/c1-17-10-3-2-4-11(7-10)19-12-5-6-13-14(16)9-18-15(13)8-12/h5-6,8,10-11,14,16H,2-4,7,9H2,1H3. The van der Waals surface area contributed by atoms with E-state index in [0.717, 1.165) is 42.7 Å². The highest BCUT2D eigenvalue weighted by Crippen LogP contribution is 2.36. The molecule has 104 valence electrons. The average molecular weight is 264 g/mol. The fourth-order valence-corrected chi connectivity index (χ4v) is 2.86. The molecule has 1 saturated carbocycles.